The maximum atomic E-state index is 14.6. The fraction of sp³-hybridized carbons (Fsp3) is 0.512. The number of rotatable bonds is 5. The molecule has 2 amide bonds. The van der Waals surface area contributed by atoms with Gasteiger partial charge < -0.3 is 9.80 Å². The van der Waals surface area contributed by atoms with E-state index in [0.29, 0.717) is 48.1 Å². The van der Waals surface area contributed by atoms with Crippen molar-refractivity contribution in [2.24, 2.45) is 10.8 Å². The van der Waals surface area contributed by atoms with Crippen LogP contribution in [0.15, 0.2) is 36.7 Å². The molecule has 14 heteroatoms. The van der Waals surface area contributed by atoms with Gasteiger partial charge in [-0.1, -0.05) is 32.8 Å². The molecule has 0 radical (unpaired) electrons. The predicted molar refractivity (Wildman–Crippen MR) is 198 cm³/mol. The molecule has 1 saturated carbocycles. The average Bonchev–Trinajstić information content (AvgIpc) is 3.51. The van der Waals surface area contributed by atoms with E-state index in [1.54, 1.807) is 47.8 Å². The second kappa shape index (κ2) is 13.9. The minimum Gasteiger partial charge on any atom is -0.345 e. The summed E-state index contributed by atoms with van der Waals surface area (Å²) in [6.45, 7) is 8.81. The zero-order chi connectivity index (χ0) is 39.6. The minimum absolute atomic E-state index is 0.00828. The number of alkyl halides is 3. The SMILES string of the molecule is CC(=O)c1nn2c3c(cc(-c4cnc(C)nc4)cc13)CCCCCC(C)(C)C(=O)N(C)C[C@@]13C[C@@H](C(=O)Cc4nc(C(F)(F)F)ccc4C)N(C(=O)C2)[C@@H]1C3. The van der Waals surface area contributed by atoms with Gasteiger partial charge in [0.25, 0.3) is 0 Å². The molecule has 3 atom stereocenters. The van der Waals surface area contributed by atoms with Gasteiger partial charge >= 0.3 is 6.18 Å². The molecule has 3 aromatic heterocycles. The van der Waals surface area contributed by atoms with Crippen molar-refractivity contribution in [1.82, 2.24) is 34.5 Å². The van der Waals surface area contributed by atoms with Crippen molar-refractivity contribution in [3.63, 3.8) is 0 Å². The number of hydrogen-bond acceptors (Lipinski definition) is 8. The highest BCUT2D eigenvalue weighted by Gasteiger charge is 2.67. The third kappa shape index (κ3) is 7.27. The summed E-state index contributed by atoms with van der Waals surface area (Å²) in [5.74, 6) is -0.469. The average molecular weight is 758 g/mol. The normalized spacial score (nSPS) is 23.1. The maximum absolute atomic E-state index is 14.6. The Kier molecular flexibility index (Phi) is 9.69. The molecular formula is C41H46F3N7O4. The number of carbonyl (C=O) groups is 4. The first-order valence-electron chi connectivity index (χ1n) is 18.8. The summed E-state index contributed by atoms with van der Waals surface area (Å²) in [5, 5.41) is 5.31. The quantitative estimate of drug-likeness (QED) is 0.211. The lowest BCUT2D eigenvalue weighted by molar-refractivity contribution is -0.141. The van der Waals surface area contributed by atoms with Crippen LogP contribution < -0.4 is 0 Å². The Morgan fingerprint density at radius 1 is 0.982 bits per heavy atom. The van der Waals surface area contributed by atoms with E-state index in [0.717, 1.165) is 42.0 Å². The molecule has 11 nitrogen and oxygen atoms in total. The number of pyridine rings is 1. The number of aromatic nitrogens is 5. The number of Topliss-reactive ketones (excluding diaryl/α,β-unsaturated/α-hetero) is 2. The fourth-order valence-corrected chi connectivity index (χ4v) is 8.80. The van der Waals surface area contributed by atoms with E-state index in [-0.39, 0.29) is 48.5 Å². The van der Waals surface area contributed by atoms with Gasteiger partial charge in [-0.3, -0.25) is 23.9 Å². The lowest BCUT2D eigenvalue weighted by Crippen LogP contribution is -2.45. The molecule has 5 heterocycles. The minimum atomic E-state index is -4.68. The molecule has 0 spiro atoms. The third-order valence-corrected chi connectivity index (χ3v) is 11.8. The van der Waals surface area contributed by atoms with Crippen molar-refractivity contribution >= 4 is 34.3 Å². The van der Waals surface area contributed by atoms with Gasteiger partial charge in [0.05, 0.1) is 23.7 Å². The number of benzene rings is 1. The van der Waals surface area contributed by atoms with Crippen molar-refractivity contribution < 1.29 is 32.3 Å². The Bertz CT molecular complexity index is 2210. The monoisotopic (exact) mass is 757 g/mol. The molecule has 55 heavy (non-hydrogen) atoms. The number of halogens is 3. The van der Waals surface area contributed by atoms with Crippen LogP contribution in [-0.4, -0.2) is 83.6 Å². The molecular weight excluding hydrogens is 711 g/mol. The molecule has 0 unspecified atom stereocenters. The number of carbonyl (C=O) groups excluding carboxylic acids is 4. The van der Waals surface area contributed by atoms with E-state index in [4.69, 9.17) is 5.10 Å². The number of amides is 2. The van der Waals surface area contributed by atoms with Crippen LogP contribution in [-0.2, 0) is 39.9 Å². The first-order chi connectivity index (χ1) is 25.9. The first-order valence-corrected chi connectivity index (χ1v) is 18.8. The zero-order valence-corrected chi connectivity index (χ0v) is 32.1. The Morgan fingerprint density at radius 3 is 2.40 bits per heavy atom. The van der Waals surface area contributed by atoms with Crippen LogP contribution in [0.2, 0.25) is 0 Å². The summed E-state index contributed by atoms with van der Waals surface area (Å²) in [6, 6.07) is 4.79. The highest BCUT2D eigenvalue weighted by Crippen LogP contribution is 2.60. The third-order valence-electron chi connectivity index (χ3n) is 11.8. The van der Waals surface area contributed by atoms with Gasteiger partial charge in [0.1, 0.15) is 23.8 Å². The van der Waals surface area contributed by atoms with Gasteiger partial charge in [-0.25, -0.2) is 15.0 Å². The molecule has 2 aliphatic heterocycles. The summed E-state index contributed by atoms with van der Waals surface area (Å²) in [4.78, 5) is 71.6. The largest absolute Gasteiger partial charge is 0.433 e. The molecule has 0 N–H and O–H groups in total. The van der Waals surface area contributed by atoms with Gasteiger partial charge in [0.15, 0.2) is 11.6 Å². The van der Waals surface area contributed by atoms with Gasteiger partial charge in [-0.15, -0.1) is 0 Å². The lowest BCUT2D eigenvalue weighted by Gasteiger charge is -2.31. The number of ketones is 2. The topological polar surface area (TPSA) is 131 Å². The van der Waals surface area contributed by atoms with E-state index < -0.39 is 40.4 Å². The van der Waals surface area contributed by atoms with Crippen molar-refractivity contribution in [3.8, 4) is 11.1 Å². The number of hydrogen-bond donors (Lipinski definition) is 0. The molecule has 1 saturated heterocycles. The van der Waals surface area contributed by atoms with Crippen molar-refractivity contribution in [1.29, 1.82) is 0 Å². The van der Waals surface area contributed by atoms with Crippen LogP contribution in [0.1, 0.15) is 98.1 Å². The van der Waals surface area contributed by atoms with Crippen molar-refractivity contribution in [3.05, 3.63) is 70.7 Å². The van der Waals surface area contributed by atoms with Gasteiger partial charge in [-0.2, -0.15) is 18.3 Å². The van der Waals surface area contributed by atoms with Gasteiger partial charge in [0, 0.05) is 60.7 Å². The maximum Gasteiger partial charge on any atom is 0.433 e. The molecule has 7 rings (SSSR count). The highest BCUT2D eigenvalue weighted by atomic mass is 19.4. The molecule has 3 aliphatic rings. The molecule has 290 valence electrons. The Hall–Kier alpha value is -5.01. The fourth-order valence-electron chi connectivity index (χ4n) is 8.80. The number of aryl methyl sites for hydroxylation is 3. The van der Waals surface area contributed by atoms with Crippen LogP contribution >= 0.6 is 0 Å². The van der Waals surface area contributed by atoms with Gasteiger partial charge in [0.2, 0.25) is 11.8 Å². The van der Waals surface area contributed by atoms with E-state index in [9.17, 15) is 32.3 Å². The van der Waals surface area contributed by atoms with Crippen LogP contribution in [0.5, 0.6) is 0 Å². The second-order valence-electron chi connectivity index (χ2n) is 16.4. The number of piperidine rings is 1. The Morgan fingerprint density at radius 2 is 1.71 bits per heavy atom. The summed E-state index contributed by atoms with van der Waals surface area (Å²) in [5.41, 5.74) is 1.51. The van der Waals surface area contributed by atoms with Crippen molar-refractivity contribution in [2.75, 3.05) is 13.6 Å². The summed E-state index contributed by atoms with van der Waals surface area (Å²) in [7, 11) is 1.76. The summed E-state index contributed by atoms with van der Waals surface area (Å²) in [6.07, 6.45) is 2.98. The molecule has 2 bridgehead atoms. The highest BCUT2D eigenvalue weighted by molar-refractivity contribution is 6.07. The van der Waals surface area contributed by atoms with E-state index >= 15 is 0 Å². The summed E-state index contributed by atoms with van der Waals surface area (Å²) >= 11 is 0. The first kappa shape index (κ1) is 38.3. The van der Waals surface area contributed by atoms with E-state index in [1.165, 1.54) is 13.0 Å². The van der Waals surface area contributed by atoms with Gasteiger partial charge in [-0.05, 0) is 80.8 Å². The predicted octanol–water partition coefficient (Wildman–Crippen LogP) is 6.50. The smallest absolute Gasteiger partial charge is 0.345 e. The van der Waals surface area contributed by atoms with E-state index in [2.05, 4.69) is 15.0 Å². The molecule has 1 aliphatic carbocycles. The standard InChI is InChI=1S/C41H46F3N7O4/c1-23-11-12-33(41(42,43)44)47-30(23)16-32(53)31-17-40-18-34(40)51(31)35(54)21-50-37-26(10-8-7-9-13-39(4,5)38(55)49(6)22-40)14-27(28-19-45-25(3)46-20-28)15-29(37)36(48-50)24(2)52/h11-12,14-15,19-20,31,34H,7-10,13,16-18,21-22H2,1-6H3/t31-,34+,40-/m0/s1. The molecule has 1 aromatic carbocycles. The Balaban J connectivity index is 1.31. The molecule has 4 aromatic rings. The van der Waals surface area contributed by atoms with Crippen LogP contribution in [0.3, 0.4) is 0 Å². The van der Waals surface area contributed by atoms with Crippen LogP contribution in [0.4, 0.5) is 13.2 Å². The number of nitrogens with zero attached hydrogens (tertiary/aromatic N) is 7. The second-order valence-corrected chi connectivity index (χ2v) is 16.4. The lowest BCUT2D eigenvalue weighted by atomic mass is 9.84. The summed E-state index contributed by atoms with van der Waals surface area (Å²) < 4.78 is 42.4. The zero-order valence-electron chi connectivity index (χ0n) is 32.1. The van der Waals surface area contributed by atoms with Crippen LogP contribution in [0.25, 0.3) is 22.0 Å². The molecule has 2 fully saturated rings. The van der Waals surface area contributed by atoms with E-state index in [1.807, 2.05) is 26.0 Å². The van der Waals surface area contributed by atoms with Crippen molar-refractivity contribution in [2.45, 2.75) is 111 Å². The van der Waals surface area contributed by atoms with Crippen LogP contribution in [0, 0.1) is 24.7 Å². The Labute approximate surface area is 317 Å².